The number of pyridine rings is 1. The minimum Gasteiger partial charge on any atom is -0.475 e. The highest BCUT2D eigenvalue weighted by Gasteiger charge is 2.03. The summed E-state index contributed by atoms with van der Waals surface area (Å²) >= 11 is 0. The van der Waals surface area contributed by atoms with E-state index in [4.69, 9.17) is 9.47 Å². The topological polar surface area (TPSA) is 104 Å². The molecule has 0 saturated carbocycles. The van der Waals surface area contributed by atoms with Gasteiger partial charge >= 0.3 is 0 Å². The summed E-state index contributed by atoms with van der Waals surface area (Å²) in [6.07, 6.45) is 4.59. The molecular weight excluding hydrogens is 338 g/mol. The van der Waals surface area contributed by atoms with Gasteiger partial charge in [-0.2, -0.15) is 0 Å². The van der Waals surface area contributed by atoms with Crippen molar-refractivity contribution in [3.63, 3.8) is 0 Å². The number of nitro benzene ring substituents is 1. The lowest BCUT2D eigenvalue weighted by Gasteiger charge is -2.06. The van der Waals surface area contributed by atoms with Gasteiger partial charge < -0.3 is 14.8 Å². The average Bonchev–Trinajstić information content (AvgIpc) is 2.66. The van der Waals surface area contributed by atoms with Gasteiger partial charge in [0.15, 0.2) is 0 Å². The molecule has 0 radical (unpaired) electrons. The van der Waals surface area contributed by atoms with Gasteiger partial charge in [-0.1, -0.05) is 6.07 Å². The maximum Gasteiger partial charge on any atom is 0.269 e. The van der Waals surface area contributed by atoms with E-state index in [2.05, 4.69) is 10.3 Å². The number of amides is 1. The summed E-state index contributed by atoms with van der Waals surface area (Å²) < 4.78 is 10.2. The number of benzene rings is 1. The van der Waals surface area contributed by atoms with Crippen LogP contribution in [0.2, 0.25) is 0 Å². The third kappa shape index (κ3) is 6.33. The summed E-state index contributed by atoms with van der Waals surface area (Å²) in [4.78, 5) is 26.1. The first-order valence-corrected chi connectivity index (χ1v) is 7.85. The van der Waals surface area contributed by atoms with Crippen LogP contribution in [0.3, 0.4) is 0 Å². The predicted octanol–water partition coefficient (Wildman–Crippen LogP) is 2.34. The normalized spacial score (nSPS) is 10.7. The molecule has 1 aromatic carbocycles. The van der Waals surface area contributed by atoms with E-state index in [9.17, 15) is 14.9 Å². The summed E-state index contributed by atoms with van der Waals surface area (Å²) in [6.45, 7) is 1.24. The number of ether oxygens (including phenoxy) is 2. The Kier molecular flexibility index (Phi) is 7.26. The Morgan fingerprint density at radius 3 is 2.62 bits per heavy atom. The number of nitrogens with one attached hydrogen (secondary N) is 1. The van der Waals surface area contributed by atoms with Crippen LogP contribution in [-0.4, -0.2) is 36.1 Å². The van der Waals surface area contributed by atoms with Gasteiger partial charge in [0.05, 0.1) is 11.5 Å². The van der Waals surface area contributed by atoms with Gasteiger partial charge in [-0.05, 0) is 29.3 Å². The van der Waals surface area contributed by atoms with E-state index in [-0.39, 0.29) is 11.6 Å². The minimum atomic E-state index is -0.470. The molecule has 0 unspecified atom stereocenters. The molecule has 1 heterocycles. The molecule has 8 heteroatoms. The van der Waals surface area contributed by atoms with Crippen LogP contribution >= 0.6 is 0 Å². The number of non-ortho nitro benzene ring substituents is 1. The van der Waals surface area contributed by atoms with Gasteiger partial charge in [0, 0.05) is 44.1 Å². The summed E-state index contributed by atoms with van der Waals surface area (Å²) in [5, 5.41) is 13.3. The maximum atomic E-state index is 11.8. The quantitative estimate of drug-likeness (QED) is 0.320. The number of methoxy groups -OCH3 is 1. The van der Waals surface area contributed by atoms with Crippen molar-refractivity contribution in [2.45, 2.75) is 6.54 Å². The lowest BCUT2D eigenvalue weighted by Crippen LogP contribution is -2.20. The van der Waals surface area contributed by atoms with Gasteiger partial charge in [-0.15, -0.1) is 0 Å². The summed E-state index contributed by atoms with van der Waals surface area (Å²) in [5.74, 6) is 0.221. The summed E-state index contributed by atoms with van der Waals surface area (Å²) in [7, 11) is 1.60. The molecule has 0 fully saturated rings. The van der Waals surface area contributed by atoms with Gasteiger partial charge in [0.1, 0.15) is 6.61 Å². The van der Waals surface area contributed by atoms with Gasteiger partial charge in [-0.25, -0.2) is 4.98 Å². The molecule has 0 bridgehead atoms. The summed E-state index contributed by atoms with van der Waals surface area (Å²) in [6, 6.07) is 9.47. The van der Waals surface area contributed by atoms with Crippen molar-refractivity contribution in [2.75, 3.05) is 20.3 Å². The number of carbonyl (C=O) groups excluding carboxylic acids is 1. The number of aromatic nitrogens is 1. The average molecular weight is 357 g/mol. The number of nitro groups is 1. The van der Waals surface area contributed by atoms with Crippen molar-refractivity contribution >= 4 is 17.7 Å². The molecule has 0 saturated heterocycles. The van der Waals surface area contributed by atoms with Crippen LogP contribution in [0.15, 0.2) is 48.7 Å². The van der Waals surface area contributed by atoms with Crippen LogP contribution in [0.5, 0.6) is 5.88 Å². The van der Waals surface area contributed by atoms with Crippen molar-refractivity contribution in [3.05, 3.63) is 69.9 Å². The lowest BCUT2D eigenvalue weighted by atomic mass is 10.2. The Hall–Kier alpha value is -3.26. The lowest BCUT2D eigenvalue weighted by molar-refractivity contribution is -0.384. The van der Waals surface area contributed by atoms with E-state index in [1.54, 1.807) is 37.6 Å². The fourth-order valence-electron chi connectivity index (χ4n) is 1.96. The van der Waals surface area contributed by atoms with Crippen LogP contribution in [-0.2, 0) is 16.1 Å². The molecule has 26 heavy (non-hydrogen) atoms. The predicted molar refractivity (Wildman–Crippen MR) is 95.6 cm³/mol. The van der Waals surface area contributed by atoms with Gasteiger partial charge in [0.2, 0.25) is 11.8 Å². The Morgan fingerprint density at radius 1 is 1.23 bits per heavy atom. The van der Waals surface area contributed by atoms with E-state index in [0.29, 0.717) is 31.2 Å². The SMILES string of the molecule is COCCOc1ccc(CNC(=O)/C=C/c2ccc([N+](=O)[O-])cc2)cn1. The largest absolute Gasteiger partial charge is 0.475 e. The fourth-order valence-corrected chi connectivity index (χ4v) is 1.96. The fraction of sp³-hybridized carbons (Fsp3) is 0.222. The van der Waals surface area contributed by atoms with E-state index in [1.165, 1.54) is 18.2 Å². The molecule has 0 atom stereocenters. The van der Waals surface area contributed by atoms with Gasteiger partial charge in [-0.3, -0.25) is 14.9 Å². The smallest absolute Gasteiger partial charge is 0.269 e. The second-order valence-corrected chi connectivity index (χ2v) is 5.25. The monoisotopic (exact) mass is 357 g/mol. The van der Waals surface area contributed by atoms with Crippen LogP contribution < -0.4 is 10.1 Å². The zero-order chi connectivity index (χ0) is 18.8. The molecule has 1 aromatic heterocycles. The van der Waals surface area contributed by atoms with E-state index in [0.717, 1.165) is 5.56 Å². The van der Waals surface area contributed by atoms with E-state index >= 15 is 0 Å². The third-order valence-electron chi connectivity index (χ3n) is 3.33. The molecule has 1 amide bonds. The van der Waals surface area contributed by atoms with Crippen molar-refractivity contribution < 1.29 is 19.2 Å². The second kappa shape index (κ2) is 9.90. The number of nitrogens with zero attached hydrogens (tertiary/aromatic N) is 2. The molecule has 0 aliphatic rings. The highest BCUT2D eigenvalue weighted by atomic mass is 16.6. The van der Waals surface area contributed by atoms with Crippen molar-refractivity contribution in [1.29, 1.82) is 0 Å². The van der Waals surface area contributed by atoms with Gasteiger partial charge in [0.25, 0.3) is 5.69 Å². The van der Waals surface area contributed by atoms with Crippen LogP contribution in [0.4, 0.5) is 5.69 Å². The third-order valence-corrected chi connectivity index (χ3v) is 3.33. The molecule has 136 valence electrons. The zero-order valence-corrected chi connectivity index (χ0v) is 14.3. The standard InChI is InChI=1S/C18H19N3O5/c1-25-10-11-26-18-9-5-15(13-20-18)12-19-17(22)8-4-14-2-6-16(7-3-14)21(23)24/h2-9,13H,10-12H2,1H3,(H,19,22)/b8-4+. The van der Waals surface area contributed by atoms with Crippen molar-refractivity contribution in [1.82, 2.24) is 10.3 Å². The molecule has 8 nitrogen and oxygen atoms in total. The first kappa shape index (κ1) is 19.1. The van der Waals surface area contributed by atoms with E-state index in [1.807, 2.05) is 6.07 Å². The van der Waals surface area contributed by atoms with Crippen LogP contribution in [0, 0.1) is 10.1 Å². The molecule has 2 aromatic rings. The maximum absolute atomic E-state index is 11.8. The molecule has 0 aliphatic heterocycles. The second-order valence-electron chi connectivity index (χ2n) is 5.25. The Labute approximate surface area is 150 Å². The Morgan fingerprint density at radius 2 is 2.00 bits per heavy atom. The van der Waals surface area contributed by atoms with Crippen LogP contribution in [0.1, 0.15) is 11.1 Å². The van der Waals surface area contributed by atoms with Crippen LogP contribution in [0.25, 0.3) is 6.08 Å². The Balaban J connectivity index is 1.79. The zero-order valence-electron chi connectivity index (χ0n) is 14.3. The molecule has 2 rings (SSSR count). The number of rotatable bonds is 9. The van der Waals surface area contributed by atoms with Crippen molar-refractivity contribution in [2.24, 2.45) is 0 Å². The number of hydrogen-bond donors (Lipinski definition) is 1. The number of hydrogen-bond acceptors (Lipinski definition) is 6. The minimum absolute atomic E-state index is 0.00810. The highest BCUT2D eigenvalue weighted by Crippen LogP contribution is 2.12. The van der Waals surface area contributed by atoms with E-state index < -0.39 is 4.92 Å². The molecule has 0 aliphatic carbocycles. The van der Waals surface area contributed by atoms with Crippen molar-refractivity contribution in [3.8, 4) is 5.88 Å². The first-order chi connectivity index (χ1) is 12.6. The highest BCUT2D eigenvalue weighted by molar-refractivity contribution is 5.91. The molecule has 1 N–H and O–H groups in total. The first-order valence-electron chi connectivity index (χ1n) is 7.85. The summed E-state index contributed by atoms with van der Waals surface area (Å²) in [5.41, 5.74) is 1.54. The number of carbonyl (C=O) groups is 1. The Bertz CT molecular complexity index is 757. The molecular formula is C18H19N3O5. The molecule has 0 spiro atoms.